The fourth-order valence-corrected chi connectivity index (χ4v) is 1.88. The standard InChI is InChI=1S/C14H14Cl2N2/c1-14(2,3)12-8-11(17-13(16)18-12)9-4-6-10(15)7-5-9/h4-8H,1-3H3. The van der Waals surface area contributed by atoms with Crippen LogP contribution in [0.1, 0.15) is 26.5 Å². The predicted octanol–water partition coefficient (Wildman–Crippen LogP) is 4.75. The fourth-order valence-electron chi connectivity index (χ4n) is 1.57. The number of nitrogens with zero attached hydrogens (tertiary/aromatic N) is 2. The van der Waals surface area contributed by atoms with E-state index in [1.807, 2.05) is 30.3 Å². The molecule has 0 aliphatic heterocycles. The second-order valence-electron chi connectivity index (χ2n) is 5.16. The number of hydrogen-bond donors (Lipinski definition) is 0. The Bertz CT molecular complexity index is 557. The van der Waals surface area contributed by atoms with Gasteiger partial charge in [0.15, 0.2) is 0 Å². The Labute approximate surface area is 117 Å². The molecule has 0 saturated carbocycles. The molecule has 18 heavy (non-hydrogen) atoms. The smallest absolute Gasteiger partial charge is 0.222 e. The van der Waals surface area contributed by atoms with E-state index in [0.717, 1.165) is 17.0 Å². The van der Waals surface area contributed by atoms with Crippen LogP contribution in [0.4, 0.5) is 0 Å². The van der Waals surface area contributed by atoms with Gasteiger partial charge < -0.3 is 0 Å². The molecule has 1 heterocycles. The molecule has 2 nitrogen and oxygen atoms in total. The second-order valence-corrected chi connectivity index (χ2v) is 5.94. The van der Waals surface area contributed by atoms with Crippen LogP contribution >= 0.6 is 23.2 Å². The van der Waals surface area contributed by atoms with Gasteiger partial charge in [-0.2, -0.15) is 0 Å². The first kappa shape index (κ1) is 13.3. The molecular formula is C14H14Cl2N2. The molecule has 0 fully saturated rings. The molecule has 0 radical (unpaired) electrons. The molecule has 94 valence electrons. The van der Waals surface area contributed by atoms with Gasteiger partial charge in [0.05, 0.1) is 11.4 Å². The van der Waals surface area contributed by atoms with Gasteiger partial charge in [0, 0.05) is 16.0 Å². The lowest BCUT2D eigenvalue weighted by atomic mass is 9.91. The van der Waals surface area contributed by atoms with Crippen molar-refractivity contribution >= 4 is 23.2 Å². The summed E-state index contributed by atoms with van der Waals surface area (Å²) in [5, 5.41) is 0.974. The summed E-state index contributed by atoms with van der Waals surface area (Å²) in [5.41, 5.74) is 2.66. The zero-order valence-electron chi connectivity index (χ0n) is 10.5. The van der Waals surface area contributed by atoms with E-state index in [2.05, 4.69) is 30.7 Å². The molecule has 0 aliphatic rings. The third-order valence-corrected chi connectivity index (χ3v) is 3.03. The summed E-state index contributed by atoms with van der Waals surface area (Å²) >= 11 is 11.9. The van der Waals surface area contributed by atoms with Crippen LogP contribution < -0.4 is 0 Å². The lowest BCUT2D eigenvalue weighted by Crippen LogP contribution is -2.14. The van der Waals surface area contributed by atoms with Crippen molar-refractivity contribution in [2.45, 2.75) is 26.2 Å². The van der Waals surface area contributed by atoms with Gasteiger partial charge >= 0.3 is 0 Å². The molecule has 2 rings (SSSR count). The van der Waals surface area contributed by atoms with Gasteiger partial charge in [-0.25, -0.2) is 9.97 Å². The molecular weight excluding hydrogens is 267 g/mol. The molecule has 0 N–H and O–H groups in total. The van der Waals surface area contributed by atoms with Crippen LogP contribution in [0.5, 0.6) is 0 Å². The minimum Gasteiger partial charge on any atom is -0.222 e. The maximum absolute atomic E-state index is 5.99. The largest absolute Gasteiger partial charge is 0.223 e. The summed E-state index contributed by atoms with van der Waals surface area (Å²) in [7, 11) is 0. The van der Waals surface area contributed by atoms with E-state index in [4.69, 9.17) is 23.2 Å². The van der Waals surface area contributed by atoms with Crippen molar-refractivity contribution in [1.29, 1.82) is 0 Å². The van der Waals surface area contributed by atoms with Crippen molar-refractivity contribution in [3.63, 3.8) is 0 Å². The Morgan fingerprint density at radius 1 is 0.944 bits per heavy atom. The third-order valence-electron chi connectivity index (χ3n) is 2.61. The van der Waals surface area contributed by atoms with E-state index < -0.39 is 0 Å². The molecule has 0 spiro atoms. The van der Waals surface area contributed by atoms with Crippen LogP contribution in [0.15, 0.2) is 30.3 Å². The molecule has 0 bridgehead atoms. The molecule has 1 aromatic heterocycles. The molecule has 2 aromatic rings. The number of aromatic nitrogens is 2. The Kier molecular flexibility index (Phi) is 3.60. The van der Waals surface area contributed by atoms with E-state index in [0.29, 0.717) is 5.02 Å². The van der Waals surface area contributed by atoms with Gasteiger partial charge in [-0.3, -0.25) is 0 Å². The highest BCUT2D eigenvalue weighted by molar-refractivity contribution is 6.30. The van der Waals surface area contributed by atoms with Crippen molar-refractivity contribution in [1.82, 2.24) is 9.97 Å². The summed E-state index contributed by atoms with van der Waals surface area (Å²) in [5.74, 6) is 0. The SMILES string of the molecule is CC(C)(C)c1cc(-c2ccc(Cl)cc2)nc(Cl)n1. The molecule has 0 amide bonds. The second kappa shape index (κ2) is 4.87. The number of halogens is 2. The summed E-state index contributed by atoms with van der Waals surface area (Å²) < 4.78 is 0. The first-order valence-electron chi connectivity index (χ1n) is 5.67. The van der Waals surface area contributed by atoms with Crippen LogP contribution in [-0.4, -0.2) is 9.97 Å². The van der Waals surface area contributed by atoms with Gasteiger partial charge in [-0.1, -0.05) is 44.5 Å². The molecule has 4 heteroatoms. The van der Waals surface area contributed by atoms with Gasteiger partial charge in [0.25, 0.3) is 0 Å². The Morgan fingerprint density at radius 2 is 1.56 bits per heavy atom. The summed E-state index contributed by atoms with van der Waals surface area (Å²) in [6, 6.07) is 9.49. The van der Waals surface area contributed by atoms with Gasteiger partial charge in [0.2, 0.25) is 5.28 Å². The van der Waals surface area contributed by atoms with E-state index >= 15 is 0 Å². The summed E-state index contributed by atoms with van der Waals surface area (Å²) in [6.45, 7) is 6.28. The molecule has 0 unspecified atom stereocenters. The highest BCUT2D eigenvalue weighted by Crippen LogP contribution is 2.27. The van der Waals surface area contributed by atoms with Crippen molar-refractivity contribution in [2.75, 3.05) is 0 Å². The number of benzene rings is 1. The Hall–Kier alpha value is -1.12. The number of hydrogen-bond acceptors (Lipinski definition) is 2. The average molecular weight is 281 g/mol. The molecule has 0 saturated heterocycles. The Balaban J connectivity index is 2.52. The van der Waals surface area contributed by atoms with E-state index in [1.165, 1.54) is 0 Å². The van der Waals surface area contributed by atoms with Crippen LogP contribution in [-0.2, 0) is 5.41 Å². The fraction of sp³-hybridized carbons (Fsp3) is 0.286. The average Bonchev–Trinajstić information content (AvgIpc) is 2.28. The maximum Gasteiger partial charge on any atom is 0.223 e. The van der Waals surface area contributed by atoms with E-state index in [-0.39, 0.29) is 10.7 Å². The van der Waals surface area contributed by atoms with Crippen molar-refractivity contribution in [2.24, 2.45) is 0 Å². The van der Waals surface area contributed by atoms with Crippen LogP contribution in [0.3, 0.4) is 0 Å². The minimum absolute atomic E-state index is 0.0618. The lowest BCUT2D eigenvalue weighted by molar-refractivity contribution is 0.567. The van der Waals surface area contributed by atoms with Crippen molar-refractivity contribution < 1.29 is 0 Å². The maximum atomic E-state index is 5.99. The third kappa shape index (κ3) is 3.01. The monoisotopic (exact) mass is 280 g/mol. The zero-order valence-corrected chi connectivity index (χ0v) is 12.0. The quantitative estimate of drug-likeness (QED) is 0.705. The van der Waals surface area contributed by atoms with Crippen molar-refractivity contribution in [3.05, 3.63) is 46.3 Å². The predicted molar refractivity (Wildman–Crippen MR) is 76.2 cm³/mol. The lowest BCUT2D eigenvalue weighted by Gasteiger charge is -2.18. The van der Waals surface area contributed by atoms with Crippen molar-refractivity contribution in [3.8, 4) is 11.3 Å². The Morgan fingerprint density at radius 3 is 2.11 bits per heavy atom. The summed E-state index contributed by atoms with van der Waals surface area (Å²) in [6.07, 6.45) is 0. The van der Waals surface area contributed by atoms with E-state index in [1.54, 1.807) is 0 Å². The molecule has 0 aliphatic carbocycles. The number of rotatable bonds is 1. The van der Waals surface area contributed by atoms with Gasteiger partial charge in [-0.05, 0) is 29.8 Å². The normalized spacial score (nSPS) is 11.6. The zero-order chi connectivity index (χ0) is 13.3. The minimum atomic E-state index is -0.0618. The van der Waals surface area contributed by atoms with Gasteiger partial charge in [-0.15, -0.1) is 0 Å². The highest BCUT2D eigenvalue weighted by Gasteiger charge is 2.18. The van der Waals surface area contributed by atoms with Crippen LogP contribution in [0.25, 0.3) is 11.3 Å². The first-order chi connectivity index (χ1) is 8.36. The highest BCUT2D eigenvalue weighted by atomic mass is 35.5. The molecule has 1 aromatic carbocycles. The van der Waals surface area contributed by atoms with E-state index in [9.17, 15) is 0 Å². The summed E-state index contributed by atoms with van der Waals surface area (Å²) in [4.78, 5) is 8.53. The van der Waals surface area contributed by atoms with Crippen LogP contribution in [0, 0.1) is 0 Å². The molecule has 0 atom stereocenters. The van der Waals surface area contributed by atoms with Gasteiger partial charge in [0.1, 0.15) is 0 Å². The first-order valence-corrected chi connectivity index (χ1v) is 6.43. The van der Waals surface area contributed by atoms with Crippen LogP contribution in [0.2, 0.25) is 10.3 Å². The topological polar surface area (TPSA) is 25.8 Å².